The summed E-state index contributed by atoms with van der Waals surface area (Å²) in [7, 11) is 0. The summed E-state index contributed by atoms with van der Waals surface area (Å²) in [6.45, 7) is 2.32. The van der Waals surface area contributed by atoms with Gasteiger partial charge in [-0.05, 0) is 17.9 Å². The normalized spacial score (nSPS) is 11.8. The minimum atomic E-state index is -1.01. The summed E-state index contributed by atoms with van der Waals surface area (Å²) in [6.07, 6.45) is 1.24. The fraction of sp³-hybridized carbons (Fsp3) is 0.467. The van der Waals surface area contributed by atoms with Crippen molar-refractivity contribution in [3.8, 4) is 0 Å². The molecule has 5 heteroatoms. The second-order valence-electron chi connectivity index (χ2n) is 4.65. The minimum Gasteiger partial charge on any atom is -0.480 e. The predicted molar refractivity (Wildman–Crippen MR) is 75.6 cm³/mol. The molecular weight excluding hydrogens is 258 g/mol. The molecule has 1 rings (SSSR count). The number of carbonyl (C=O) groups is 2. The average molecular weight is 279 g/mol. The van der Waals surface area contributed by atoms with Crippen LogP contribution in [0.5, 0.6) is 0 Å². The van der Waals surface area contributed by atoms with Crippen molar-refractivity contribution in [3.63, 3.8) is 0 Å². The summed E-state index contributed by atoms with van der Waals surface area (Å²) in [4.78, 5) is 21.8. The van der Waals surface area contributed by atoms with Gasteiger partial charge in [-0.1, -0.05) is 37.3 Å². The topological polar surface area (TPSA) is 75.6 Å². The van der Waals surface area contributed by atoms with Crippen LogP contribution in [0.3, 0.4) is 0 Å². The summed E-state index contributed by atoms with van der Waals surface area (Å²) in [5.41, 5.74) is 1.23. The van der Waals surface area contributed by atoms with E-state index < -0.39 is 5.97 Å². The summed E-state index contributed by atoms with van der Waals surface area (Å²) >= 11 is 0. The summed E-state index contributed by atoms with van der Waals surface area (Å²) in [5.74, 6) is -0.704. The van der Waals surface area contributed by atoms with E-state index >= 15 is 0 Å². The number of nitrogens with one attached hydrogen (secondary N) is 1. The van der Waals surface area contributed by atoms with E-state index in [2.05, 4.69) is 24.4 Å². The van der Waals surface area contributed by atoms with Crippen molar-refractivity contribution >= 4 is 11.9 Å². The van der Waals surface area contributed by atoms with Gasteiger partial charge in [0.15, 0.2) is 0 Å². The SMILES string of the molecule is CC(CCC(=O)NCCOCC(=O)O)c1ccccc1. The van der Waals surface area contributed by atoms with Gasteiger partial charge in [-0.25, -0.2) is 4.79 Å². The van der Waals surface area contributed by atoms with Gasteiger partial charge in [0, 0.05) is 13.0 Å². The molecule has 110 valence electrons. The van der Waals surface area contributed by atoms with E-state index in [1.807, 2.05) is 18.2 Å². The lowest BCUT2D eigenvalue weighted by Gasteiger charge is -2.11. The number of hydrogen-bond donors (Lipinski definition) is 2. The zero-order chi connectivity index (χ0) is 14.8. The third kappa shape index (κ3) is 6.89. The molecule has 0 spiro atoms. The molecule has 1 amide bonds. The van der Waals surface area contributed by atoms with Crippen molar-refractivity contribution in [2.75, 3.05) is 19.8 Å². The largest absolute Gasteiger partial charge is 0.480 e. The van der Waals surface area contributed by atoms with Gasteiger partial charge < -0.3 is 15.2 Å². The number of carbonyl (C=O) groups excluding carboxylic acids is 1. The number of ether oxygens (including phenoxy) is 1. The van der Waals surface area contributed by atoms with E-state index in [9.17, 15) is 9.59 Å². The molecule has 0 saturated carbocycles. The van der Waals surface area contributed by atoms with Gasteiger partial charge in [-0.3, -0.25) is 4.79 Å². The van der Waals surface area contributed by atoms with Crippen LogP contribution in [0.2, 0.25) is 0 Å². The molecule has 1 aromatic rings. The molecule has 0 aliphatic carbocycles. The summed E-state index contributed by atoms with van der Waals surface area (Å²) in [5, 5.41) is 11.1. The monoisotopic (exact) mass is 279 g/mol. The third-order valence-electron chi connectivity index (χ3n) is 2.97. The van der Waals surface area contributed by atoms with Gasteiger partial charge in [-0.2, -0.15) is 0 Å². The first-order chi connectivity index (χ1) is 9.59. The maximum Gasteiger partial charge on any atom is 0.329 e. The van der Waals surface area contributed by atoms with Crippen molar-refractivity contribution in [2.24, 2.45) is 0 Å². The van der Waals surface area contributed by atoms with Crippen LogP contribution in [-0.2, 0) is 14.3 Å². The number of amides is 1. The van der Waals surface area contributed by atoms with E-state index in [-0.39, 0.29) is 19.1 Å². The highest BCUT2D eigenvalue weighted by Gasteiger charge is 2.08. The molecule has 20 heavy (non-hydrogen) atoms. The van der Waals surface area contributed by atoms with E-state index in [0.717, 1.165) is 6.42 Å². The fourth-order valence-electron chi connectivity index (χ4n) is 1.81. The number of hydrogen-bond acceptors (Lipinski definition) is 3. The van der Waals surface area contributed by atoms with E-state index in [0.29, 0.717) is 18.9 Å². The molecule has 1 atom stereocenters. The molecule has 1 aromatic carbocycles. The van der Waals surface area contributed by atoms with Crippen LogP contribution in [0.15, 0.2) is 30.3 Å². The van der Waals surface area contributed by atoms with Gasteiger partial charge in [0.25, 0.3) is 0 Å². The first kappa shape index (κ1) is 16.2. The maximum absolute atomic E-state index is 11.6. The Hall–Kier alpha value is -1.88. The standard InChI is InChI=1S/C15H21NO4/c1-12(13-5-3-2-4-6-13)7-8-14(17)16-9-10-20-11-15(18)19/h2-6,12H,7-11H2,1H3,(H,16,17)(H,18,19). The van der Waals surface area contributed by atoms with Crippen molar-refractivity contribution in [3.05, 3.63) is 35.9 Å². The Balaban J connectivity index is 2.12. The van der Waals surface area contributed by atoms with Crippen molar-refractivity contribution in [1.82, 2.24) is 5.32 Å². The Labute approximate surface area is 118 Å². The van der Waals surface area contributed by atoms with Crippen LogP contribution >= 0.6 is 0 Å². The Morgan fingerprint density at radius 1 is 1.30 bits per heavy atom. The fourth-order valence-corrected chi connectivity index (χ4v) is 1.81. The second kappa shape index (κ2) is 9.09. The van der Waals surface area contributed by atoms with Gasteiger partial charge in [0.1, 0.15) is 6.61 Å². The first-order valence-electron chi connectivity index (χ1n) is 6.70. The van der Waals surface area contributed by atoms with Crippen molar-refractivity contribution < 1.29 is 19.4 Å². The number of aliphatic carboxylic acids is 1. The molecule has 0 aliphatic rings. The Morgan fingerprint density at radius 3 is 2.65 bits per heavy atom. The highest BCUT2D eigenvalue weighted by Crippen LogP contribution is 2.19. The van der Waals surface area contributed by atoms with Crippen molar-refractivity contribution in [2.45, 2.75) is 25.7 Å². The smallest absolute Gasteiger partial charge is 0.329 e. The molecule has 1 unspecified atom stereocenters. The van der Waals surface area contributed by atoms with Gasteiger partial charge >= 0.3 is 5.97 Å². The molecule has 0 saturated heterocycles. The molecule has 2 N–H and O–H groups in total. The van der Waals surface area contributed by atoms with E-state index in [4.69, 9.17) is 9.84 Å². The number of benzene rings is 1. The second-order valence-corrected chi connectivity index (χ2v) is 4.65. The van der Waals surface area contributed by atoms with E-state index in [1.54, 1.807) is 0 Å². The quantitative estimate of drug-likeness (QED) is 0.676. The van der Waals surface area contributed by atoms with Gasteiger partial charge in [0.2, 0.25) is 5.91 Å². The molecule has 0 aromatic heterocycles. The van der Waals surface area contributed by atoms with Crippen LogP contribution in [0.25, 0.3) is 0 Å². The maximum atomic E-state index is 11.6. The zero-order valence-electron chi connectivity index (χ0n) is 11.7. The molecule has 0 heterocycles. The average Bonchev–Trinajstić information content (AvgIpc) is 2.45. The van der Waals surface area contributed by atoms with Crippen LogP contribution in [0, 0.1) is 0 Å². The summed E-state index contributed by atoms with van der Waals surface area (Å²) in [6, 6.07) is 10.1. The number of rotatable bonds is 9. The molecule has 0 aliphatic heterocycles. The highest BCUT2D eigenvalue weighted by atomic mass is 16.5. The lowest BCUT2D eigenvalue weighted by molar-refractivity contribution is -0.142. The van der Waals surface area contributed by atoms with Gasteiger partial charge in [0.05, 0.1) is 6.61 Å². The lowest BCUT2D eigenvalue weighted by Crippen LogP contribution is -2.27. The number of carboxylic acids is 1. The van der Waals surface area contributed by atoms with Crippen molar-refractivity contribution in [1.29, 1.82) is 0 Å². The number of carboxylic acid groups (broad SMARTS) is 1. The lowest BCUT2D eigenvalue weighted by atomic mass is 9.96. The highest BCUT2D eigenvalue weighted by molar-refractivity contribution is 5.75. The minimum absolute atomic E-state index is 0.0355. The van der Waals surface area contributed by atoms with Crippen LogP contribution < -0.4 is 5.32 Å². The Kier molecular flexibility index (Phi) is 7.35. The summed E-state index contributed by atoms with van der Waals surface area (Å²) < 4.78 is 4.83. The van der Waals surface area contributed by atoms with Crippen LogP contribution in [0.1, 0.15) is 31.2 Å². The van der Waals surface area contributed by atoms with Gasteiger partial charge in [-0.15, -0.1) is 0 Å². The molecule has 5 nitrogen and oxygen atoms in total. The predicted octanol–water partition coefficient (Wildman–Crippen LogP) is 1.79. The molecule has 0 bridgehead atoms. The van der Waals surface area contributed by atoms with Crippen LogP contribution in [-0.4, -0.2) is 36.7 Å². The Bertz CT molecular complexity index is 419. The first-order valence-corrected chi connectivity index (χ1v) is 6.70. The third-order valence-corrected chi connectivity index (χ3v) is 2.97. The molecule has 0 radical (unpaired) electrons. The van der Waals surface area contributed by atoms with Crippen LogP contribution in [0.4, 0.5) is 0 Å². The molecule has 0 fully saturated rings. The van der Waals surface area contributed by atoms with E-state index in [1.165, 1.54) is 5.56 Å². The Morgan fingerprint density at radius 2 is 2.00 bits per heavy atom. The zero-order valence-corrected chi connectivity index (χ0v) is 11.7. The molecular formula is C15H21NO4.